The van der Waals surface area contributed by atoms with Crippen molar-refractivity contribution in [2.24, 2.45) is 5.92 Å². The first-order valence-corrected chi connectivity index (χ1v) is 8.12. The van der Waals surface area contributed by atoms with Crippen LogP contribution in [0, 0.1) is 5.92 Å². The minimum atomic E-state index is -4.40. The van der Waals surface area contributed by atoms with Gasteiger partial charge in [-0.05, 0) is 43.7 Å². The SMILES string of the molecule is C[C@H](Cc1ccccc1C(F)(F)F)NC(=O)N1CCC[C@H](CO)C1. The monoisotopic (exact) mass is 344 g/mol. The van der Waals surface area contributed by atoms with Crippen LogP contribution in [-0.4, -0.2) is 41.8 Å². The van der Waals surface area contributed by atoms with E-state index in [9.17, 15) is 23.1 Å². The predicted octanol–water partition coefficient (Wildman–Crippen LogP) is 3.05. The number of urea groups is 1. The highest BCUT2D eigenvalue weighted by Gasteiger charge is 2.33. The first-order valence-electron chi connectivity index (χ1n) is 8.12. The second kappa shape index (κ2) is 7.88. The Morgan fingerprint density at radius 3 is 2.79 bits per heavy atom. The van der Waals surface area contributed by atoms with Crippen LogP contribution in [0.3, 0.4) is 0 Å². The van der Waals surface area contributed by atoms with Crippen LogP contribution in [0.25, 0.3) is 0 Å². The minimum Gasteiger partial charge on any atom is -0.396 e. The summed E-state index contributed by atoms with van der Waals surface area (Å²) in [4.78, 5) is 13.9. The Morgan fingerprint density at radius 1 is 1.42 bits per heavy atom. The van der Waals surface area contributed by atoms with E-state index in [1.165, 1.54) is 12.1 Å². The number of piperidine rings is 1. The van der Waals surface area contributed by atoms with E-state index in [1.807, 2.05) is 0 Å². The van der Waals surface area contributed by atoms with Crippen molar-refractivity contribution >= 4 is 6.03 Å². The van der Waals surface area contributed by atoms with E-state index in [2.05, 4.69) is 5.32 Å². The number of likely N-dealkylation sites (tertiary alicyclic amines) is 1. The molecule has 1 fully saturated rings. The van der Waals surface area contributed by atoms with Crippen molar-refractivity contribution in [3.05, 3.63) is 35.4 Å². The van der Waals surface area contributed by atoms with Gasteiger partial charge in [-0.15, -0.1) is 0 Å². The number of rotatable bonds is 4. The highest BCUT2D eigenvalue weighted by molar-refractivity contribution is 5.74. The fraction of sp³-hybridized carbons (Fsp3) is 0.588. The van der Waals surface area contributed by atoms with Gasteiger partial charge in [-0.25, -0.2) is 4.79 Å². The molecule has 0 unspecified atom stereocenters. The van der Waals surface area contributed by atoms with Gasteiger partial charge in [0, 0.05) is 25.7 Å². The van der Waals surface area contributed by atoms with E-state index in [1.54, 1.807) is 17.9 Å². The van der Waals surface area contributed by atoms with Crippen molar-refractivity contribution in [3.63, 3.8) is 0 Å². The van der Waals surface area contributed by atoms with Crippen LogP contribution in [0.4, 0.5) is 18.0 Å². The van der Waals surface area contributed by atoms with Gasteiger partial charge in [-0.1, -0.05) is 18.2 Å². The Kier molecular flexibility index (Phi) is 6.10. The summed E-state index contributed by atoms with van der Waals surface area (Å²) < 4.78 is 39.0. The first kappa shape index (κ1) is 18.6. The third-order valence-corrected chi connectivity index (χ3v) is 4.28. The molecular formula is C17H23F3N2O2. The van der Waals surface area contributed by atoms with Gasteiger partial charge in [0.25, 0.3) is 0 Å². The molecule has 1 aliphatic rings. The molecule has 2 atom stereocenters. The maximum absolute atomic E-state index is 13.0. The average molecular weight is 344 g/mol. The summed E-state index contributed by atoms with van der Waals surface area (Å²) in [6, 6.07) is 4.71. The number of hydrogen-bond acceptors (Lipinski definition) is 2. The molecule has 1 aliphatic heterocycles. The van der Waals surface area contributed by atoms with Crippen molar-refractivity contribution in [1.29, 1.82) is 0 Å². The van der Waals surface area contributed by atoms with Crippen LogP contribution in [-0.2, 0) is 12.6 Å². The van der Waals surface area contributed by atoms with E-state index >= 15 is 0 Å². The number of nitrogens with one attached hydrogen (secondary N) is 1. The molecule has 4 nitrogen and oxygen atoms in total. The topological polar surface area (TPSA) is 52.6 Å². The average Bonchev–Trinajstić information content (AvgIpc) is 2.54. The molecule has 0 aromatic heterocycles. The Balaban J connectivity index is 1.96. The zero-order valence-corrected chi connectivity index (χ0v) is 13.6. The minimum absolute atomic E-state index is 0.0400. The molecule has 0 radical (unpaired) electrons. The number of carbonyl (C=O) groups is 1. The molecule has 0 saturated carbocycles. The lowest BCUT2D eigenvalue weighted by Crippen LogP contribution is -2.49. The van der Waals surface area contributed by atoms with Crippen molar-refractivity contribution in [3.8, 4) is 0 Å². The third-order valence-electron chi connectivity index (χ3n) is 4.28. The van der Waals surface area contributed by atoms with E-state index < -0.39 is 17.8 Å². The van der Waals surface area contributed by atoms with E-state index in [0.717, 1.165) is 18.9 Å². The van der Waals surface area contributed by atoms with Crippen LogP contribution < -0.4 is 5.32 Å². The molecular weight excluding hydrogens is 321 g/mol. The zero-order chi connectivity index (χ0) is 17.7. The quantitative estimate of drug-likeness (QED) is 0.882. The summed E-state index contributed by atoms with van der Waals surface area (Å²) in [5, 5.41) is 12.0. The lowest BCUT2D eigenvalue weighted by atomic mass is 9.99. The van der Waals surface area contributed by atoms with Crippen molar-refractivity contribution < 1.29 is 23.1 Å². The summed E-state index contributed by atoms with van der Waals surface area (Å²) in [6.07, 6.45) is -2.58. The molecule has 2 amide bonds. The Labute approximate surface area is 139 Å². The van der Waals surface area contributed by atoms with Crippen molar-refractivity contribution in [2.75, 3.05) is 19.7 Å². The molecule has 2 rings (SSSR count). The molecule has 2 N–H and O–H groups in total. The van der Waals surface area contributed by atoms with Crippen LogP contribution in [0.1, 0.15) is 30.9 Å². The largest absolute Gasteiger partial charge is 0.416 e. The molecule has 7 heteroatoms. The molecule has 0 bridgehead atoms. The number of nitrogens with zero attached hydrogens (tertiary/aromatic N) is 1. The summed E-state index contributed by atoms with van der Waals surface area (Å²) in [5.74, 6) is 0.0748. The molecule has 1 aromatic carbocycles. The van der Waals surface area contributed by atoms with Crippen molar-refractivity contribution in [1.82, 2.24) is 10.2 Å². The van der Waals surface area contributed by atoms with Gasteiger partial charge in [0.2, 0.25) is 0 Å². The van der Waals surface area contributed by atoms with Crippen LogP contribution in [0.5, 0.6) is 0 Å². The van der Waals surface area contributed by atoms with Gasteiger partial charge in [-0.3, -0.25) is 0 Å². The molecule has 1 saturated heterocycles. The second-order valence-corrected chi connectivity index (χ2v) is 6.35. The van der Waals surface area contributed by atoms with Crippen LogP contribution in [0.2, 0.25) is 0 Å². The number of aliphatic hydroxyl groups excluding tert-OH is 1. The lowest BCUT2D eigenvalue weighted by Gasteiger charge is -2.32. The summed E-state index contributed by atoms with van der Waals surface area (Å²) in [7, 11) is 0. The van der Waals surface area contributed by atoms with E-state index in [0.29, 0.717) is 13.1 Å². The molecule has 0 aliphatic carbocycles. The molecule has 1 aromatic rings. The molecule has 134 valence electrons. The number of halogens is 3. The summed E-state index contributed by atoms with van der Waals surface area (Å²) >= 11 is 0. The second-order valence-electron chi connectivity index (χ2n) is 6.35. The summed E-state index contributed by atoms with van der Waals surface area (Å²) in [5.41, 5.74) is -0.492. The smallest absolute Gasteiger partial charge is 0.396 e. The standard InChI is InChI=1S/C17H23F3N2O2/c1-12(9-14-6-2-3-7-15(14)17(18,19)20)21-16(24)22-8-4-5-13(10-22)11-23/h2-3,6-7,12-13,23H,4-5,8-11H2,1H3,(H,21,24)/t12-,13+/m1/s1. The van der Waals surface area contributed by atoms with Gasteiger partial charge in [0.1, 0.15) is 0 Å². The molecule has 1 heterocycles. The summed E-state index contributed by atoms with van der Waals surface area (Å²) in [6.45, 7) is 2.82. The van der Waals surface area contributed by atoms with E-state index in [-0.39, 0.29) is 30.5 Å². The maximum atomic E-state index is 13.0. The number of hydrogen-bond donors (Lipinski definition) is 2. The molecule has 0 spiro atoms. The number of benzene rings is 1. The molecule has 24 heavy (non-hydrogen) atoms. The van der Waals surface area contributed by atoms with Gasteiger partial charge < -0.3 is 15.3 Å². The normalized spacial score (nSPS) is 19.9. The van der Waals surface area contributed by atoms with Crippen molar-refractivity contribution in [2.45, 2.75) is 38.4 Å². The lowest BCUT2D eigenvalue weighted by molar-refractivity contribution is -0.138. The maximum Gasteiger partial charge on any atom is 0.416 e. The zero-order valence-electron chi connectivity index (χ0n) is 13.6. The van der Waals surface area contributed by atoms with E-state index in [4.69, 9.17) is 0 Å². The highest BCUT2D eigenvalue weighted by Crippen LogP contribution is 2.32. The first-order chi connectivity index (χ1) is 11.3. The number of alkyl halides is 3. The van der Waals surface area contributed by atoms with Gasteiger partial charge >= 0.3 is 12.2 Å². The predicted molar refractivity (Wildman–Crippen MR) is 84.5 cm³/mol. The van der Waals surface area contributed by atoms with Crippen LogP contribution >= 0.6 is 0 Å². The fourth-order valence-electron chi connectivity index (χ4n) is 3.06. The fourth-order valence-corrected chi connectivity index (χ4v) is 3.06. The Bertz CT molecular complexity index is 563. The Morgan fingerprint density at radius 2 is 2.12 bits per heavy atom. The third kappa shape index (κ3) is 4.87. The number of aliphatic hydroxyl groups is 1. The highest BCUT2D eigenvalue weighted by atomic mass is 19.4. The van der Waals surface area contributed by atoms with Gasteiger partial charge in [0.15, 0.2) is 0 Å². The number of amides is 2. The van der Waals surface area contributed by atoms with Crippen LogP contribution in [0.15, 0.2) is 24.3 Å². The van der Waals surface area contributed by atoms with Gasteiger partial charge in [-0.2, -0.15) is 13.2 Å². The number of carbonyl (C=O) groups excluding carboxylic acids is 1. The van der Waals surface area contributed by atoms with Gasteiger partial charge in [0.05, 0.1) is 5.56 Å². The Hall–Kier alpha value is -1.76.